The van der Waals surface area contributed by atoms with Gasteiger partial charge in [-0.05, 0) is 38.8 Å². The SMILES string of the molecule is Cc1noc(C)c1CCC(=O)NC1CCN(c2ccccn2)C1. The molecule has 0 radical (unpaired) electrons. The topological polar surface area (TPSA) is 71.3 Å². The van der Waals surface area contributed by atoms with E-state index >= 15 is 0 Å². The van der Waals surface area contributed by atoms with Crippen molar-refractivity contribution in [3.63, 3.8) is 0 Å². The summed E-state index contributed by atoms with van der Waals surface area (Å²) >= 11 is 0. The van der Waals surface area contributed by atoms with E-state index in [0.29, 0.717) is 12.8 Å². The van der Waals surface area contributed by atoms with Gasteiger partial charge < -0.3 is 14.7 Å². The molecule has 1 aliphatic rings. The quantitative estimate of drug-likeness (QED) is 0.914. The van der Waals surface area contributed by atoms with Crippen LogP contribution in [0.1, 0.15) is 29.9 Å². The van der Waals surface area contributed by atoms with Crippen LogP contribution < -0.4 is 10.2 Å². The van der Waals surface area contributed by atoms with Crippen molar-refractivity contribution in [2.75, 3.05) is 18.0 Å². The summed E-state index contributed by atoms with van der Waals surface area (Å²) in [5.74, 6) is 1.86. The second-order valence-electron chi connectivity index (χ2n) is 5.99. The number of aromatic nitrogens is 2. The summed E-state index contributed by atoms with van der Waals surface area (Å²) in [6, 6.07) is 6.08. The van der Waals surface area contributed by atoms with Gasteiger partial charge in [-0.1, -0.05) is 11.2 Å². The van der Waals surface area contributed by atoms with Gasteiger partial charge in [-0.15, -0.1) is 0 Å². The van der Waals surface area contributed by atoms with Crippen LogP contribution in [-0.4, -0.2) is 35.2 Å². The van der Waals surface area contributed by atoms with Crippen LogP contribution in [-0.2, 0) is 11.2 Å². The fourth-order valence-electron chi connectivity index (χ4n) is 3.02. The molecule has 2 aromatic rings. The van der Waals surface area contributed by atoms with Gasteiger partial charge in [0.15, 0.2) is 0 Å². The van der Waals surface area contributed by atoms with Gasteiger partial charge in [-0.25, -0.2) is 4.98 Å². The van der Waals surface area contributed by atoms with E-state index < -0.39 is 0 Å². The van der Waals surface area contributed by atoms with Gasteiger partial charge in [0.1, 0.15) is 11.6 Å². The Kier molecular flexibility index (Phi) is 4.60. The molecular formula is C17H22N4O2. The van der Waals surface area contributed by atoms with E-state index in [-0.39, 0.29) is 11.9 Å². The predicted molar refractivity (Wildman–Crippen MR) is 87.3 cm³/mol. The summed E-state index contributed by atoms with van der Waals surface area (Å²) in [6.45, 7) is 5.53. The number of pyridine rings is 1. The molecule has 1 amide bonds. The molecule has 1 N–H and O–H groups in total. The Morgan fingerprint density at radius 1 is 1.43 bits per heavy atom. The lowest BCUT2D eigenvalue weighted by molar-refractivity contribution is -0.121. The monoisotopic (exact) mass is 314 g/mol. The van der Waals surface area contributed by atoms with Crippen molar-refractivity contribution in [3.05, 3.63) is 41.4 Å². The lowest BCUT2D eigenvalue weighted by Crippen LogP contribution is -2.37. The van der Waals surface area contributed by atoms with Crippen LogP contribution in [0, 0.1) is 13.8 Å². The van der Waals surface area contributed by atoms with E-state index in [4.69, 9.17) is 4.52 Å². The fourth-order valence-corrected chi connectivity index (χ4v) is 3.02. The van der Waals surface area contributed by atoms with Gasteiger partial charge in [0, 0.05) is 37.3 Å². The van der Waals surface area contributed by atoms with Crippen LogP contribution >= 0.6 is 0 Å². The minimum Gasteiger partial charge on any atom is -0.361 e. The maximum Gasteiger partial charge on any atom is 0.220 e. The first-order valence-electron chi connectivity index (χ1n) is 8.00. The van der Waals surface area contributed by atoms with Gasteiger partial charge in [-0.3, -0.25) is 4.79 Å². The van der Waals surface area contributed by atoms with Crippen LogP contribution in [0.2, 0.25) is 0 Å². The highest BCUT2D eigenvalue weighted by atomic mass is 16.5. The third-order valence-corrected chi connectivity index (χ3v) is 4.31. The maximum absolute atomic E-state index is 12.2. The second-order valence-corrected chi connectivity index (χ2v) is 5.99. The minimum atomic E-state index is 0.0814. The molecule has 1 atom stereocenters. The summed E-state index contributed by atoms with van der Waals surface area (Å²) in [5, 5.41) is 7.04. The predicted octanol–water partition coefficient (Wildman–Crippen LogP) is 2.01. The number of hydrogen-bond donors (Lipinski definition) is 1. The lowest BCUT2D eigenvalue weighted by Gasteiger charge is -2.17. The molecule has 6 nitrogen and oxygen atoms in total. The Labute approximate surface area is 135 Å². The Morgan fingerprint density at radius 3 is 3.00 bits per heavy atom. The molecule has 3 heterocycles. The zero-order valence-electron chi connectivity index (χ0n) is 13.6. The third-order valence-electron chi connectivity index (χ3n) is 4.31. The number of carbonyl (C=O) groups is 1. The van der Waals surface area contributed by atoms with E-state index in [0.717, 1.165) is 42.3 Å². The van der Waals surface area contributed by atoms with Crippen LogP contribution in [0.25, 0.3) is 0 Å². The number of rotatable bonds is 5. The van der Waals surface area contributed by atoms with Crippen LogP contribution in [0.15, 0.2) is 28.9 Å². The number of amides is 1. The number of hydrogen-bond acceptors (Lipinski definition) is 5. The molecular weight excluding hydrogens is 292 g/mol. The van der Waals surface area contributed by atoms with Crippen molar-refractivity contribution in [1.29, 1.82) is 0 Å². The van der Waals surface area contributed by atoms with E-state index in [9.17, 15) is 4.79 Å². The second kappa shape index (κ2) is 6.81. The molecule has 1 fully saturated rings. The first-order valence-corrected chi connectivity index (χ1v) is 8.00. The van der Waals surface area contributed by atoms with E-state index in [1.54, 1.807) is 6.20 Å². The van der Waals surface area contributed by atoms with Gasteiger partial charge in [0.2, 0.25) is 5.91 Å². The molecule has 0 bridgehead atoms. The summed E-state index contributed by atoms with van der Waals surface area (Å²) < 4.78 is 5.13. The zero-order valence-corrected chi connectivity index (χ0v) is 13.6. The number of nitrogens with one attached hydrogen (secondary N) is 1. The fraction of sp³-hybridized carbons (Fsp3) is 0.471. The smallest absolute Gasteiger partial charge is 0.220 e. The van der Waals surface area contributed by atoms with Gasteiger partial charge in [0.05, 0.1) is 5.69 Å². The first-order chi connectivity index (χ1) is 11.1. The van der Waals surface area contributed by atoms with Crippen LogP contribution in [0.4, 0.5) is 5.82 Å². The number of aryl methyl sites for hydroxylation is 2. The molecule has 0 saturated carbocycles. The maximum atomic E-state index is 12.2. The van der Waals surface area contributed by atoms with Crippen molar-refractivity contribution in [3.8, 4) is 0 Å². The number of carbonyl (C=O) groups excluding carboxylic acids is 1. The molecule has 2 aromatic heterocycles. The van der Waals surface area contributed by atoms with Crippen molar-refractivity contribution in [2.45, 2.75) is 39.2 Å². The molecule has 0 aliphatic carbocycles. The highest BCUT2D eigenvalue weighted by Gasteiger charge is 2.24. The highest BCUT2D eigenvalue weighted by Crippen LogP contribution is 2.18. The Bertz CT molecular complexity index is 649. The van der Waals surface area contributed by atoms with E-state index in [2.05, 4.69) is 20.4 Å². The molecule has 6 heteroatoms. The van der Waals surface area contributed by atoms with Gasteiger partial charge in [-0.2, -0.15) is 0 Å². The zero-order chi connectivity index (χ0) is 16.2. The average Bonchev–Trinajstić information content (AvgIpc) is 3.14. The number of anilines is 1. The van der Waals surface area contributed by atoms with Crippen molar-refractivity contribution >= 4 is 11.7 Å². The average molecular weight is 314 g/mol. The van der Waals surface area contributed by atoms with Crippen LogP contribution in [0.3, 0.4) is 0 Å². The summed E-state index contributed by atoms with van der Waals surface area (Å²) in [6.07, 6.45) is 3.88. The Balaban J connectivity index is 1.48. The molecule has 1 unspecified atom stereocenters. The molecule has 0 aromatic carbocycles. The van der Waals surface area contributed by atoms with Crippen molar-refractivity contribution in [1.82, 2.24) is 15.5 Å². The highest BCUT2D eigenvalue weighted by molar-refractivity contribution is 5.76. The van der Waals surface area contributed by atoms with Gasteiger partial charge in [0.25, 0.3) is 0 Å². The third kappa shape index (κ3) is 3.70. The Morgan fingerprint density at radius 2 is 2.30 bits per heavy atom. The van der Waals surface area contributed by atoms with E-state index in [1.165, 1.54) is 0 Å². The summed E-state index contributed by atoms with van der Waals surface area (Å²) in [7, 11) is 0. The molecule has 122 valence electrons. The minimum absolute atomic E-state index is 0.0814. The number of nitrogens with zero attached hydrogens (tertiary/aromatic N) is 3. The van der Waals surface area contributed by atoms with Crippen molar-refractivity contribution < 1.29 is 9.32 Å². The van der Waals surface area contributed by atoms with Crippen LogP contribution in [0.5, 0.6) is 0 Å². The standard InChI is InChI=1S/C17H22N4O2/c1-12-15(13(2)23-20-12)6-7-17(22)19-14-8-10-21(11-14)16-5-3-4-9-18-16/h3-5,9,14H,6-8,10-11H2,1-2H3,(H,19,22). The molecule has 1 aliphatic heterocycles. The molecule has 1 saturated heterocycles. The lowest BCUT2D eigenvalue weighted by atomic mass is 10.1. The molecule has 0 spiro atoms. The molecule has 3 rings (SSSR count). The first kappa shape index (κ1) is 15.5. The van der Waals surface area contributed by atoms with Crippen molar-refractivity contribution in [2.24, 2.45) is 0 Å². The van der Waals surface area contributed by atoms with Gasteiger partial charge >= 0.3 is 0 Å². The summed E-state index contributed by atoms with van der Waals surface area (Å²) in [5.41, 5.74) is 1.92. The normalized spacial score (nSPS) is 17.5. The molecule has 23 heavy (non-hydrogen) atoms. The summed E-state index contributed by atoms with van der Waals surface area (Å²) in [4.78, 5) is 18.7. The van der Waals surface area contributed by atoms with E-state index in [1.807, 2.05) is 32.0 Å². The Hall–Kier alpha value is -2.37. The largest absolute Gasteiger partial charge is 0.361 e.